The molecule has 4 aromatic carbocycles. The molecule has 5 nitrogen and oxygen atoms in total. The van der Waals surface area contributed by atoms with Crippen molar-refractivity contribution in [3.63, 3.8) is 0 Å². The van der Waals surface area contributed by atoms with Crippen LogP contribution in [0.3, 0.4) is 0 Å². The van der Waals surface area contributed by atoms with E-state index in [4.69, 9.17) is 0 Å². The molecule has 5 rings (SSSR count). The van der Waals surface area contributed by atoms with Crippen LogP contribution in [0.5, 0.6) is 0 Å². The first-order valence-corrected chi connectivity index (χ1v) is 14.0. The third-order valence-corrected chi connectivity index (χ3v) is 7.01. The topological polar surface area (TPSA) is 71.8 Å². The molecule has 42 heavy (non-hydrogen) atoms. The number of carbonyl (C=O) groups excluding carboxylic acids is 2. The fourth-order valence-corrected chi connectivity index (χ4v) is 5.02. The number of carbonyl (C=O) groups is 2. The summed E-state index contributed by atoms with van der Waals surface area (Å²) in [6, 6.07) is 35.2. The van der Waals surface area contributed by atoms with Crippen molar-refractivity contribution in [2.24, 2.45) is 8.06 Å². The van der Waals surface area contributed by atoms with Gasteiger partial charge in [-0.25, -0.2) is 4.98 Å². The Morgan fingerprint density at radius 2 is 0.833 bits per heavy atom. The predicted molar refractivity (Wildman–Crippen MR) is 170 cm³/mol. The van der Waals surface area contributed by atoms with Crippen LogP contribution in [0, 0.1) is 27.7 Å². The second kappa shape index (κ2) is 15.8. The molecule has 0 aliphatic carbocycles. The Bertz CT molecular complexity index is 1590. The van der Waals surface area contributed by atoms with Crippen LogP contribution >= 0.6 is 17.0 Å². The Morgan fingerprint density at radius 1 is 0.500 bits per heavy atom. The summed E-state index contributed by atoms with van der Waals surface area (Å²) in [5.41, 5.74) is 8.49. The fourth-order valence-electron chi connectivity index (χ4n) is 4.08. The molecule has 0 atom stereocenters. The van der Waals surface area contributed by atoms with E-state index in [0.717, 1.165) is 25.4 Å². The monoisotopic (exact) mass is 663 g/mol. The van der Waals surface area contributed by atoms with Crippen LogP contribution in [0.25, 0.3) is 0 Å². The first-order valence-electron chi connectivity index (χ1n) is 13.1. The second-order valence-electron chi connectivity index (χ2n) is 9.48. The number of ketones is 2. The van der Waals surface area contributed by atoms with Gasteiger partial charge in [-0.15, -0.1) is 17.0 Å². The van der Waals surface area contributed by atoms with E-state index in [1.54, 1.807) is 66.7 Å². The molecule has 0 N–H and O–H groups in total. The van der Waals surface area contributed by atoms with Crippen LogP contribution in [-0.4, -0.2) is 16.6 Å². The Labute approximate surface area is 263 Å². The molecule has 0 unspecified atom stereocenters. The average molecular weight is 665 g/mol. The van der Waals surface area contributed by atoms with Gasteiger partial charge in [0.25, 0.3) is 0 Å². The van der Waals surface area contributed by atoms with Crippen LogP contribution in [0.4, 0.5) is 11.4 Å². The molecule has 0 fully saturated rings. The van der Waals surface area contributed by atoms with Gasteiger partial charge in [-0.05, 0) is 12.1 Å². The van der Waals surface area contributed by atoms with Crippen molar-refractivity contribution in [1.29, 1.82) is 0 Å². The summed E-state index contributed by atoms with van der Waals surface area (Å²) < 4.78 is 9.11. The Balaban J connectivity index is 0.000000228. The van der Waals surface area contributed by atoms with Crippen LogP contribution in [0.15, 0.2) is 123 Å². The van der Waals surface area contributed by atoms with Gasteiger partial charge in [-0.2, -0.15) is 0 Å². The van der Waals surface area contributed by atoms with Crippen molar-refractivity contribution >= 4 is 39.9 Å². The number of benzene rings is 4. The van der Waals surface area contributed by atoms with Crippen molar-refractivity contribution in [3.8, 4) is 0 Å². The number of aryl methyl sites for hydroxylation is 4. The minimum absolute atomic E-state index is 0. The molecular formula is C35H32BrN3NiO2. The van der Waals surface area contributed by atoms with Gasteiger partial charge in [0.1, 0.15) is 11.4 Å². The number of hydrogen-bond acceptors (Lipinski definition) is 5. The molecule has 5 aromatic rings. The number of pyridine rings is 1. The van der Waals surface area contributed by atoms with Gasteiger partial charge in [-0.3, -0.25) is 9.59 Å². The van der Waals surface area contributed by atoms with Gasteiger partial charge in [0.2, 0.25) is 11.6 Å². The average Bonchev–Trinajstić information content (AvgIpc) is 3.00. The summed E-state index contributed by atoms with van der Waals surface area (Å²) in [5, 5.41) is 0. The summed E-state index contributed by atoms with van der Waals surface area (Å²) in [6.45, 7) is 8.31. The standard InChI is InChI=1S/C19H13NO2.2C8H9N.BrH.Ni/c21-18(14-8-3-1-4-9-14)16-12-7-13-17(20-16)19(22)15-10-5-2-6-11-15;2*1-6-4-3-5-7(2)8(6)9;;/h1-13H;2*3-5H,1-2H3;1H;. The zero-order chi connectivity index (χ0) is 29.2. The molecule has 0 aliphatic rings. The number of aromatic nitrogens is 1. The Morgan fingerprint density at radius 3 is 1.19 bits per heavy atom. The van der Waals surface area contributed by atoms with E-state index in [2.05, 4.69) is 77.1 Å². The van der Waals surface area contributed by atoms with Gasteiger partial charge in [-0.1, -0.05) is 66.7 Å². The summed E-state index contributed by atoms with van der Waals surface area (Å²) in [5.74, 6) is -0.383. The normalized spacial score (nSPS) is 10.1. The van der Waals surface area contributed by atoms with Crippen molar-refractivity contribution in [2.45, 2.75) is 27.7 Å². The molecule has 1 heterocycles. The number of halogens is 1. The fraction of sp³-hybridized carbons (Fsp3) is 0.114. The SMILES string of the molecule is Br.Cc1cccc(C)c1[N]=[Ni]=[N]c1c(C)cccc1C.O=C(c1ccccc1)c1cccc(C(=O)c2ccccc2)n1. The van der Waals surface area contributed by atoms with E-state index in [1.165, 1.54) is 22.3 Å². The zero-order valence-corrected chi connectivity index (χ0v) is 26.6. The molecule has 0 amide bonds. The second-order valence-corrected chi connectivity index (χ2v) is 10.1. The van der Waals surface area contributed by atoms with Crippen LogP contribution in [0.1, 0.15) is 54.4 Å². The van der Waals surface area contributed by atoms with Gasteiger partial charge in [0.05, 0.1) is 0 Å². The zero-order valence-electron chi connectivity index (χ0n) is 23.9. The number of hydrogen-bond donors (Lipinski definition) is 0. The van der Waals surface area contributed by atoms with Crippen molar-refractivity contribution < 1.29 is 23.6 Å². The number of rotatable bonds is 6. The Kier molecular flexibility index (Phi) is 12.2. The first kappa shape index (κ1) is 32.5. The minimum atomic E-state index is -0.191. The van der Waals surface area contributed by atoms with E-state index in [-0.39, 0.29) is 39.9 Å². The van der Waals surface area contributed by atoms with Gasteiger partial charge in [0, 0.05) is 11.1 Å². The van der Waals surface area contributed by atoms with Gasteiger partial charge >= 0.3 is 120 Å². The summed E-state index contributed by atoms with van der Waals surface area (Å²) in [6.07, 6.45) is 0. The molecule has 0 bridgehead atoms. The van der Waals surface area contributed by atoms with Crippen molar-refractivity contribution in [1.82, 2.24) is 4.98 Å². The maximum Gasteiger partial charge on any atom is 0.211 e. The van der Waals surface area contributed by atoms with E-state index in [1.807, 2.05) is 12.1 Å². The molecule has 216 valence electrons. The van der Waals surface area contributed by atoms with E-state index >= 15 is 0 Å². The van der Waals surface area contributed by atoms with E-state index in [0.29, 0.717) is 11.1 Å². The predicted octanol–water partition coefficient (Wildman–Crippen LogP) is 9.45. The van der Waals surface area contributed by atoms with Crippen LogP contribution in [-0.2, 0) is 14.0 Å². The molecule has 7 heteroatoms. The molecule has 1 aromatic heterocycles. The molecule has 0 saturated heterocycles. The summed E-state index contributed by atoms with van der Waals surface area (Å²) in [4.78, 5) is 29.0. The van der Waals surface area contributed by atoms with Gasteiger partial charge < -0.3 is 0 Å². The maximum atomic E-state index is 12.4. The molecular weight excluding hydrogens is 633 g/mol. The summed E-state index contributed by atoms with van der Waals surface area (Å²) >= 11 is 1.07. The van der Waals surface area contributed by atoms with E-state index < -0.39 is 0 Å². The largest absolute Gasteiger partial charge is 0.287 e. The van der Waals surface area contributed by atoms with Crippen molar-refractivity contribution in [2.75, 3.05) is 0 Å². The third kappa shape index (κ3) is 8.48. The van der Waals surface area contributed by atoms with Crippen molar-refractivity contribution in [3.05, 3.63) is 160 Å². The number of nitrogens with zero attached hydrogens (tertiary/aromatic N) is 3. The van der Waals surface area contributed by atoms with Crippen LogP contribution in [0.2, 0.25) is 0 Å². The smallest absolute Gasteiger partial charge is 0.211 e. The first-order chi connectivity index (χ1) is 19.8. The third-order valence-electron chi connectivity index (χ3n) is 6.37. The molecule has 0 saturated carbocycles. The molecule has 0 aliphatic heterocycles. The van der Waals surface area contributed by atoms with E-state index in [9.17, 15) is 9.59 Å². The van der Waals surface area contributed by atoms with Crippen LogP contribution < -0.4 is 0 Å². The quantitative estimate of drug-likeness (QED) is 0.134. The Hall–Kier alpha value is -4.06. The molecule has 0 spiro atoms. The summed E-state index contributed by atoms with van der Waals surface area (Å²) in [7, 11) is 0. The molecule has 0 radical (unpaired) electrons. The maximum absolute atomic E-state index is 12.4. The minimum Gasteiger partial charge on any atom is -0.287 e. The van der Waals surface area contributed by atoms with Gasteiger partial charge in [0.15, 0.2) is 0 Å².